The molecule has 1 atom stereocenters. The highest BCUT2D eigenvalue weighted by atomic mass is 35.5. The van der Waals surface area contributed by atoms with Crippen LogP contribution in [0.15, 0.2) is 127 Å². The standard InChI is InChI=1S/C32H25ClN2/c1-22-6-5-9-27(15-10-22)35(26-7-3-2-4-8-26)28-16-11-23(12-17-28)24-13-18-31-29(20-24)30-21-25(33)14-19-32(30)34-31/h2-22,34H,1H3. The first kappa shape index (κ1) is 21.5. The van der Waals surface area contributed by atoms with Crippen LogP contribution in [-0.4, -0.2) is 4.98 Å². The van der Waals surface area contributed by atoms with E-state index in [0.29, 0.717) is 5.92 Å². The molecule has 0 aliphatic heterocycles. The van der Waals surface area contributed by atoms with Gasteiger partial charge in [0.2, 0.25) is 0 Å². The number of allylic oxidation sites excluding steroid dienone is 5. The zero-order valence-electron chi connectivity index (χ0n) is 19.4. The van der Waals surface area contributed by atoms with Gasteiger partial charge >= 0.3 is 0 Å². The molecule has 1 aliphatic carbocycles. The Morgan fingerprint density at radius 2 is 1.40 bits per heavy atom. The summed E-state index contributed by atoms with van der Waals surface area (Å²) in [6.07, 6.45) is 11.0. The van der Waals surface area contributed by atoms with Gasteiger partial charge in [0, 0.05) is 43.9 Å². The van der Waals surface area contributed by atoms with E-state index in [2.05, 4.69) is 120 Å². The number of rotatable bonds is 4. The van der Waals surface area contributed by atoms with Crippen molar-refractivity contribution in [2.45, 2.75) is 6.92 Å². The number of H-pyrrole nitrogens is 1. The Kier molecular flexibility index (Phi) is 5.52. The summed E-state index contributed by atoms with van der Waals surface area (Å²) in [5.74, 6) is 0.415. The molecule has 5 aromatic rings. The topological polar surface area (TPSA) is 19.0 Å². The number of hydrogen-bond acceptors (Lipinski definition) is 1. The summed E-state index contributed by atoms with van der Waals surface area (Å²) in [6, 6.07) is 31.9. The van der Waals surface area contributed by atoms with Gasteiger partial charge in [-0.3, -0.25) is 0 Å². The maximum atomic E-state index is 6.28. The summed E-state index contributed by atoms with van der Waals surface area (Å²) in [4.78, 5) is 5.79. The van der Waals surface area contributed by atoms with Crippen molar-refractivity contribution >= 4 is 44.8 Å². The van der Waals surface area contributed by atoms with Gasteiger partial charge in [-0.15, -0.1) is 0 Å². The monoisotopic (exact) mass is 472 g/mol. The summed E-state index contributed by atoms with van der Waals surface area (Å²) >= 11 is 6.28. The first-order valence-electron chi connectivity index (χ1n) is 11.9. The van der Waals surface area contributed by atoms with Gasteiger partial charge < -0.3 is 9.88 Å². The number of halogens is 1. The van der Waals surface area contributed by atoms with Gasteiger partial charge in [-0.1, -0.05) is 73.2 Å². The van der Waals surface area contributed by atoms with E-state index in [1.165, 1.54) is 16.5 Å². The van der Waals surface area contributed by atoms with Crippen LogP contribution in [0, 0.1) is 5.92 Å². The van der Waals surface area contributed by atoms with E-state index in [1.54, 1.807) is 0 Å². The van der Waals surface area contributed by atoms with Crippen LogP contribution in [0.2, 0.25) is 5.02 Å². The van der Waals surface area contributed by atoms with Crippen LogP contribution >= 0.6 is 11.6 Å². The number of nitrogens with zero attached hydrogens (tertiary/aromatic N) is 1. The third kappa shape index (κ3) is 4.18. The van der Waals surface area contributed by atoms with Crippen LogP contribution < -0.4 is 4.90 Å². The van der Waals surface area contributed by atoms with Crippen LogP contribution in [0.3, 0.4) is 0 Å². The van der Waals surface area contributed by atoms with Crippen molar-refractivity contribution in [2.75, 3.05) is 4.90 Å². The summed E-state index contributed by atoms with van der Waals surface area (Å²) in [6.45, 7) is 2.20. The Morgan fingerprint density at radius 3 is 2.20 bits per heavy atom. The van der Waals surface area contributed by atoms with Crippen molar-refractivity contribution in [1.82, 2.24) is 4.98 Å². The van der Waals surface area contributed by atoms with Gasteiger partial charge in [-0.2, -0.15) is 0 Å². The predicted molar refractivity (Wildman–Crippen MR) is 150 cm³/mol. The van der Waals surface area contributed by atoms with Crippen molar-refractivity contribution < 1.29 is 0 Å². The zero-order chi connectivity index (χ0) is 23.8. The van der Waals surface area contributed by atoms with E-state index in [9.17, 15) is 0 Å². The quantitative estimate of drug-likeness (QED) is 0.276. The van der Waals surface area contributed by atoms with Gasteiger partial charge in [-0.05, 0) is 83.8 Å². The SMILES string of the molecule is CC1C=CC=C(N(c2ccccc2)c2ccc(-c3ccc4[nH]c5ccc(Cl)cc5c4c3)cc2)C=C1. The van der Waals surface area contributed by atoms with Gasteiger partial charge in [0.15, 0.2) is 0 Å². The minimum absolute atomic E-state index is 0.415. The molecule has 0 spiro atoms. The van der Waals surface area contributed by atoms with Crippen molar-refractivity contribution in [3.8, 4) is 11.1 Å². The largest absolute Gasteiger partial charge is 0.355 e. The van der Waals surface area contributed by atoms with Crippen LogP contribution in [0.25, 0.3) is 32.9 Å². The lowest BCUT2D eigenvalue weighted by Gasteiger charge is -2.26. The third-order valence-corrected chi connectivity index (χ3v) is 6.78. The Bertz CT molecular complexity index is 1600. The average Bonchev–Trinajstić information content (AvgIpc) is 3.11. The molecule has 1 unspecified atom stereocenters. The Hall–Kier alpha value is -4.01. The summed E-state index contributed by atoms with van der Waals surface area (Å²) in [5, 5.41) is 3.08. The first-order valence-corrected chi connectivity index (χ1v) is 12.3. The van der Waals surface area contributed by atoms with E-state index < -0.39 is 0 Å². The van der Waals surface area contributed by atoms with Crippen molar-refractivity contribution in [2.24, 2.45) is 5.92 Å². The predicted octanol–water partition coefficient (Wildman–Crippen LogP) is 9.43. The fourth-order valence-electron chi connectivity index (χ4n) is 4.72. The number of aromatic nitrogens is 1. The van der Waals surface area contributed by atoms with Crippen molar-refractivity contribution in [3.63, 3.8) is 0 Å². The first-order chi connectivity index (χ1) is 17.2. The molecule has 2 nitrogen and oxygen atoms in total. The number of nitrogens with one attached hydrogen (secondary N) is 1. The highest BCUT2D eigenvalue weighted by molar-refractivity contribution is 6.31. The lowest BCUT2D eigenvalue weighted by Crippen LogP contribution is -2.14. The Balaban J connectivity index is 1.40. The van der Waals surface area contributed by atoms with Gasteiger partial charge in [0.25, 0.3) is 0 Å². The van der Waals surface area contributed by atoms with Crippen LogP contribution in [0.4, 0.5) is 11.4 Å². The van der Waals surface area contributed by atoms with Crippen molar-refractivity contribution in [1.29, 1.82) is 0 Å². The summed E-state index contributed by atoms with van der Waals surface area (Å²) in [7, 11) is 0. The maximum absolute atomic E-state index is 6.28. The molecule has 1 aliphatic rings. The second kappa shape index (κ2) is 8.98. The molecular weight excluding hydrogens is 448 g/mol. The van der Waals surface area contributed by atoms with E-state index in [-0.39, 0.29) is 0 Å². The summed E-state index contributed by atoms with van der Waals surface area (Å²) in [5.41, 5.74) is 7.98. The fourth-order valence-corrected chi connectivity index (χ4v) is 4.90. The highest BCUT2D eigenvalue weighted by Crippen LogP contribution is 2.35. The minimum Gasteiger partial charge on any atom is -0.355 e. The molecule has 1 heterocycles. The normalized spacial score (nSPS) is 15.4. The van der Waals surface area contributed by atoms with Crippen LogP contribution in [0.1, 0.15) is 6.92 Å². The molecule has 0 bridgehead atoms. The Morgan fingerprint density at radius 1 is 0.714 bits per heavy atom. The van der Waals surface area contributed by atoms with E-state index in [0.717, 1.165) is 38.5 Å². The van der Waals surface area contributed by atoms with Gasteiger partial charge in [0.1, 0.15) is 0 Å². The number of para-hydroxylation sites is 1. The molecule has 0 saturated heterocycles. The van der Waals surface area contributed by atoms with E-state index in [4.69, 9.17) is 11.6 Å². The lowest BCUT2D eigenvalue weighted by atomic mass is 10.0. The van der Waals surface area contributed by atoms with Crippen LogP contribution in [-0.2, 0) is 0 Å². The molecule has 0 saturated carbocycles. The minimum atomic E-state index is 0.415. The number of fused-ring (bicyclic) bond motifs is 3. The molecule has 4 aromatic carbocycles. The number of anilines is 2. The Labute approximate surface area is 210 Å². The molecule has 0 fully saturated rings. The second-order valence-electron chi connectivity index (χ2n) is 8.99. The molecule has 1 aromatic heterocycles. The van der Waals surface area contributed by atoms with E-state index >= 15 is 0 Å². The number of aromatic amines is 1. The molecule has 0 radical (unpaired) electrons. The van der Waals surface area contributed by atoms with Crippen molar-refractivity contribution in [3.05, 3.63) is 132 Å². The highest BCUT2D eigenvalue weighted by Gasteiger charge is 2.14. The average molecular weight is 473 g/mol. The molecule has 3 heteroatoms. The molecule has 6 rings (SSSR count). The van der Waals surface area contributed by atoms with Gasteiger partial charge in [-0.25, -0.2) is 0 Å². The number of benzene rings is 4. The molecule has 35 heavy (non-hydrogen) atoms. The molecule has 0 amide bonds. The molecule has 170 valence electrons. The van der Waals surface area contributed by atoms with E-state index in [1.807, 2.05) is 18.2 Å². The smallest absolute Gasteiger partial charge is 0.0465 e. The molecular formula is C32H25ClN2. The lowest BCUT2D eigenvalue weighted by molar-refractivity contribution is 0.941. The third-order valence-electron chi connectivity index (χ3n) is 6.54. The summed E-state index contributed by atoms with van der Waals surface area (Å²) < 4.78 is 0. The molecule has 1 N–H and O–H groups in total. The van der Waals surface area contributed by atoms with Crippen LogP contribution in [0.5, 0.6) is 0 Å². The second-order valence-corrected chi connectivity index (χ2v) is 9.42. The van der Waals surface area contributed by atoms with Gasteiger partial charge in [0.05, 0.1) is 0 Å². The zero-order valence-corrected chi connectivity index (χ0v) is 20.2. The fraction of sp³-hybridized carbons (Fsp3) is 0.0625. The maximum Gasteiger partial charge on any atom is 0.0465 e. The number of hydrogen-bond donors (Lipinski definition) is 1.